The Kier molecular flexibility index (Phi) is 4.30. The fourth-order valence-electron chi connectivity index (χ4n) is 2.26. The summed E-state index contributed by atoms with van der Waals surface area (Å²) in [5.41, 5.74) is 3.67. The van der Waals surface area contributed by atoms with Gasteiger partial charge in [0.2, 0.25) is 5.67 Å². The second-order valence-corrected chi connectivity index (χ2v) is 5.16. The molecule has 0 saturated carbocycles. The Morgan fingerprint density at radius 1 is 1.32 bits per heavy atom. The molecule has 0 spiro atoms. The van der Waals surface area contributed by atoms with Gasteiger partial charge in [-0.15, -0.1) is 0 Å². The molecule has 1 aliphatic rings. The van der Waals surface area contributed by atoms with Crippen molar-refractivity contribution in [3.8, 4) is 0 Å². The normalized spacial score (nSPS) is 20.7. The van der Waals surface area contributed by atoms with Gasteiger partial charge in [-0.25, -0.2) is 14.0 Å². The zero-order valence-corrected chi connectivity index (χ0v) is 11.7. The third kappa shape index (κ3) is 3.33. The maximum atomic E-state index is 14.0. The number of benzene rings is 1. The lowest BCUT2D eigenvalue weighted by Gasteiger charge is -2.18. The number of nitrogens with zero attached hydrogens (tertiary/aromatic N) is 1. The van der Waals surface area contributed by atoms with Gasteiger partial charge < -0.3 is 21.1 Å². The highest BCUT2D eigenvalue weighted by atomic mass is 19.1. The first-order chi connectivity index (χ1) is 10.3. The van der Waals surface area contributed by atoms with Gasteiger partial charge in [-0.3, -0.25) is 4.79 Å². The summed E-state index contributed by atoms with van der Waals surface area (Å²) in [6.07, 6.45) is -0.214. The van der Waals surface area contributed by atoms with Crippen LogP contribution in [0.2, 0.25) is 0 Å². The summed E-state index contributed by atoms with van der Waals surface area (Å²) in [5, 5.41) is 11.2. The van der Waals surface area contributed by atoms with Crippen LogP contribution in [0.4, 0.5) is 9.18 Å². The Hall–Kier alpha value is -2.64. The second kappa shape index (κ2) is 6.00. The smallest absolute Gasteiger partial charge is 0.343 e. The van der Waals surface area contributed by atoms with E-state index in [-0.39, 0.29) is 19.5 Å². The van der Waals surface area contributed by atoms with Crippen molar-refractivity contribution in [2.24, 2.45) is 5.73 Å². The molecular weight excluding hydrogens is 293 g/mol. The topological polar surface area (TPSA) is 113 Å². The molecule has 1 unspecified atom stereocenters. The zero-order chi connectivity index (χ0) is 16.3. The molecule has 1 aliphatic heterocycles. The van der Waals surface area contributed by atoms with Crippen LogP contribution in [0, 0.1) is 0 Å². The molecule has 8 heteroatoms. The summed E-state index contributed by atoms with van der Waals surface area (Å²) in [6.45, 7) is -0.154. The molecule has 1 aromatic carbocycles. The number of hydrogen-bond donors (Lipinski definition) is 3. The first-order valence-electron chi connectivity index (χ1n) is 6.66. The van der Waals surface area contributed by atoms with E-state index in [1.54, 1.807) is 24.3 Å². The third-order valence-electron chi connectivity index (χ3n) is 3.56. The van der Waals surface area contributed by atoms with Crippen molar-refractivity contribution in [3.05, 3.63) is 35.4 Å². The third-order valence-corrected chi connectivity index (χ3v) is 3.56. The van der Waals surface area contributed by atoms with Gasteiger partial charge in [-0.1, -0.05) is 12.1 Å². The van der Waals surface area contributed by atoms with Crippen LogP contribution in [-0.2, 0) is 11.3 Å². The van der Waals surface area contributed by atoms with Crippen molar-refractivity contribution in [1.82, 2.24) is 10.2 Å². The van der Waals surface area contributed by atoms with Crippen LogP contribution in [0.25, 0.3) is 0 Å². The minimum Gasteiger partial charge on any atom is -0.479 e. The molecule has 1 saturated heterocycles. The van der Waals surface area contributed by atoms with Gasteiger partial charge in [0.1, 0.15) is 0 Å². The van der Waals surface area contributed by atoms with Crippen molar-refractivity contribution in [1.29, 1.82) is 0 Å². The molecule has 4 N–H and O–H groups in total. The maximum Gasteiger partial charge on any atom is 0.343 e. The van der Waals surface area contributed by atoms with Gasteiger partial charge in [0.25, 0.3) is 5.91 Å². The molecule has 0 aliphatic carbocycles. The monoisotopic (exact) mass is 309 g/mol. The number of halogens is 1. The number of carboxylic acids is 1. The summed E-state index contributed by atoms with van der Waals surface area (Å²) >= 11 is 0. The highest BCUT2D eigenvalue weighted by molar-refractivity contribution is 5.95. The Morgan fingerprint density at radius 3 is 2.45 bits per heavy atom. The average molecular weight is 309 g/mol. The molecule has 1 atom stereocenters. The number of aliphatic carboxylic acids is 1. The predicted molar refractivity (Wildman–Crippen MR) is 74.9 cm³/mol. The fraction of sp³-hybridized carbons (Fsp3) is 0.357. The number of nitrogens with two attached hydrogens (primary N) is 1. The van der Waals surface area contributed by atoms with E-state index in [4.69, 9.17) is 10.8 Å². The number of carboxylic acid groups (broad SMARTS) is 1. The summed E-state index contributed by atoms with van der Waals surface area (Å²) in [6, 6.07) is 5.71. The Balaban J connectivity index is 2.02. The largest absolute Gasteiger partial charge is 0.479 e. The number of primary amides is 1. The van der Waals surface area contributed by atoms with Crippen molar-refractivity contribution in [2.45, 2.75) is 18.6 Å². The van der Waals surface area contributed by atoms with Gasteiger partial charge in [0, 0.05) is 25.1 Å². The van der Waals surface area contributed by atoms with E-state index in [0.717, 1.165) is 5.56 Å². The number of carbonyl (C=O) groups excluding carboxylic acids is 2. The lowest BCUT2D eigenvalue weighted by Crippen LogP contribution is -2.38. The lowest BCUT2D eigenvalue weighted by atomic mass is 10.1. The van der Waals surface area contributed by atoms with Crippen LogP contribution >= 0.6 is 0 Å². The van der Waals surface area contributed by atoms with E-state index in [1.165, 1.54) is 4.90 Å². The highest BCUT2D eigenvalue weighted by Gasteiger charge is 2.46. The first-order valence-corrected chi connectivity index (χ1v) is 6.66. The standard InChI is InChI=1S/C14H16FN3O4/c15-14(12(20)21)5-6-18(8-14)11(19)10-3-1-9(2-4-10)7-17-13(16)22/h1-4H,5-8H2,(H,20,21)(H3,16,17,22). The lowest BCUT2D eigenvalue weighted by molar-refractivity contribution is -0.149. The maximum absolute atomic E-state index is 14.0. The average Bonchev–Trinajstić information content (AvgIpc) is 2.89. The zero-order valence-electron chi connectivity index (χ0n) is 11.7. The Bertz CT molecular complexity index is 605. The van der Waals surface area contributed by atoms with Crippen LogP contribution in [0.3, 0.4) is 0 Å². The molecule has 0 bridgehead atoms. The minimum atomic E-state index is -2.37. The summed E-state index contributed by atoms with van der Waals surface area (Å²) in [7, 11) is 0. The number of amides is 3. The van der Waals surface area contributed by atoms with Gasteiger partial charge in [-0.2, -0.15) is 0 Å². The highest BCUT2D eigenvalue weighted by Crippen LogP contribution is 2.27. The van der Waals surface area contributed by atoms with Crippen molar-refractivity contribution in [2.75, 3.05) is 13.1 Å². The minimum absolute atomic E-state index is 0.0621. The van der Waals surface area contributed by atoms with Gasteiger partial charge in [0.05, 0.1) is 6.54 Å². The molecule has 3 amide bonds. The molecule has 1 fully saturated rings. The molecule has 1 heterocycles. The van der Waals surface area contributed by atoms with E-state index in [9.17, 15) is 18.8 Å². The number of alkyl halides is 1. The summed E-state index contributed by atoms with van der Waals surface area (Å²) < 4.78 is 14.0. The molecule has 0 aromatic heterocycles. The second-order valence-electron chi connectivity index (χ2n) is 5.16. The van der Waals surface area contributed by atoms with Crippen LogP contribution in [-0.4, -0.2) is 46.7 Å². The van der Waals surface area contributed by atoms with E-state index < -0.39 is 30.1 Å². The summed E-state index contributed by atoms with van der Waals surface area (Å²) in [4.78, 5) is 34.8. The van der Waals surface area contributed by atoms with Gasteiger partial charge >= 0.3 is 12.0 Å². The van der Waals surface area contributed by atoms with Crippen LogP contribution in [0.1, 0.15) is 22.3 Å². The molecule has 7 nitrogen and oxygen atoms in total. The predicted octanol–water partition coefficient (Wildman–Crippen LogP) is 0.494. The Morgan fingerprint density at radius 2 is 1.95 bits per heavy atom. The summed E-state index contributed by atoms with van der Waals surface area (Å²) in [5.74, 6) is -1.97. The molecule has 22 heavy (non-hydrogen) atoms. The number of likely N-dealkylation sites (tertiary alicyclic amines) is 1. The van der Waals surface area contributed by atoms with Crippen molar-refractivity contribution in [3.63, 3.8) is 0 Å². The van der Waals surface area contributed by atoms with E-state index >= 15 is 0 Å². The molecule has 118 valence electrons. The van der Waals surface area contributed by atoms with Crippen molar-refractivity contribution < 1.29 is 23.9 Å². The van der Waals surface area contributed by atoms with Gasteiger partial charge in [-0.05, 0) is 17.7 Å². The van der Waals surface area contributed by atoms with E-state index in [0.29, 0.717) is 5.56 Å². The van der Waals surface area contributed by atoms with Crippen LogP contribution < -0.4 is 11.1 Å². The fourth-order valence-corrected chi connectivity index (χ4v) is 2.26. The van der Waals surface area contributed by atoms with Crippen LogP contribution in [0.5, 0.6) is 0 Å². The molecule has 2 rings (SSSR count). The molecular formula is C14H16FN3O4. The first kappa shape index (κ1) is 15.7. The number of carbonyl (C=O) groups is 3. The van der Waals surface area contributed by atoms with Crippen LogP contribution in [0.15, 0.2) is 24.3 Å². The number of nitrogens with one attached hydrogen (secondary N) is 1. The number of hydrogen-bond acceptors (Lipinski definition) is 3. The van der Waals surface area contributed by atoms with Crippen molar-refractivity contribution >= 4 is 17.9 Å². The number of urea groups is 1. The molecule has 0 radical (unpaired) electrons. The number of rotatable bonds is 4. The van der Waals surface area contributed by atoms with Gasteiger partial charge in [0.15, 0.2) is 0 Å². The quantitative estimate of drug-likeness (QED) is 0.751. The Labute approximate surface area is 125 Å². The SMILES string of the molecule is NC(=O)NCc1ccc(C(=O)N2CCC(F)(C(=O)O)C2)cc1. The molecule has 1 aromatic rings. The van der Waals surface area contributed by atoms with E-state index in [2.05, 4.69) is 5.32 Å². The van der Waals surface area contributed by atoms with E-state index in [1.807, 2.05) is 0 Å².